The third-order valence-electron chi connectivity index (χ3n) is 6.11. The van der Waals surface area contributed by atoms with Gasteiger partial charge in [0.2, 0.25) is 0 Å². The lowest BCUT2D eigenvalue weighted by atomic mass is 9.94. The van der Waals surface area contributed by atoms with Gasteiger partial charge in [0.05, 0.1) is 11.5 Å². The molecule has 0 fully saturated rings. The Morgan fingerprint density at radius 2 is 1.91 bits per heavy atom. The van der Waals surface area contributed by atoms with Crippen molar-refractivity contribution in [1.82, 2.24) is 15.0 Å². The average molecular weight is 448 g/mol. The summed E-state index contributed by atoms with van der Waals surface area (Å²) in [5.41, 5.74) is 2.14. The second-order valence-corrected chi connectivity index (χ2v) is 9.12. The Labute approximate surface area is 187 Å². The van der Waals surface area contributed by atoms with E-state index in [1.807, 2.05) is 12.1 Å². The molecule has 3 heterocycles. The van der Waals surface area contributed by atoms with Crippen LogP contribution in [0.25, 0.3) is 10.2 Å². The summed E-state index contributed by atoms with van der Waals surface area (Å²) in [5, 5.41) is 19.5. The highest BCUT2D eigenvalue weighted by molar-refractivity contribution is 7.18. The van der Waals surface area contributed by atoms with Crippen molar-refractivity contribution in [2.75, 3.05) is 0 Å². The predicted octanol–water partition coefficient (Wildman–Crippen LogP) is 2.85. The van der Waals surface area contributed by atoms with Crippen molar-refractivity contribution < 1.29 is 4.79 Å². The van der Waals surface area contributed by atoms with Crippen molar-refractivity contribution >= 4 is 27.3 Å². The van der Waals surface area contributed by atoms with Gasteiger partial charge < -0.3 is 9.97 Å². The summed E-state index contributed by atoms with van der Waals surface area (Å²) in [6.07, 6.45) is 4.17. The van der Waals surface area contributed by atoms with E-state index in [1.54, 1.807) is 13.8 Å². The number of aryl methyl sites for hydroxylation is 3. The molecule has 0 radical (unpaired) electrons. The maximum Gasteiger partial charge on any atom is 0.266 e. The zero-order chi connectivity index (χ0) is 23.0. The standard InChI is InChI=1S/C23H21N5O3S/c1-11-13(12(2)26-21(30)15(11)9-24)7-8-17(29)16(10-25)20-27-22(31)19-14-5-3-4-6-18(14)32-23(19)28-20/h16H,3-8H2,1-2H3,(H,26,30)(H,27,28,31). The molecule has 0 saturated heterocycles. The van der Waals surface area contributed by atoms with Crippen molar-refractivity contribution in [3.63, 3.8) is 0 Å². The first-order valence-corrected chi connectivity index (χ1v) is 11.3. The molecule has 0 bridgehead atoms. The van der Waals surface area contributed by atoms with Gasteiger partial charge in [0.15, 0.2) is 11.7 Å². The summed E-state index contributed by atoms with van der Waals surface area (Å²) in [6.45, 7) is 3.39. The average Bonchev–Trinajstić information content (AvgIpc) is 3.13. The van der Waals surface area contributed by atoms with Gasteiger partial charge in [-0.2, -0.15) is 10.5 Å². The molecule has 4 rings (SSSR count). The zero-order valence-electron chi connectivity index (χ0n) is 17.8. The largest absolute Gasteiger partial charge is 0.325 e. The zero-order valence-corrected chi connectivity index (χ0v) is 18.6. The van der Waals surface area contributed by atoms with Crippen LogP contribution in [0.3, 0.4) is 0 Å². The molecule has 0 aliphatic heterocycles. The number of carbonyl (C=O) groups is 1. The Balaban J connectivity index is 1.63. The molecule has 1 atom stereocenters. The number of aromatic nitrogens is 3. The molecule has 8 nitrogen and oxygen atoms in total. The number of hydrogen-bond acceptors (Lipinski definition) is 7. The van der Waals surface area contributed by atoms with Gasteiger partial charge in [-0.05, 0) is 62.6 Å². The normalized spacial score (nSPS) is 13.9. The van der Waals surface area contributed by atoms with Gasteiger partial charge in [0, 0.05) is 17.0 Å². The number of nitriles is 2. The fraction of sp³-hybridized carbons (Fsp3) is 0.391. The van der Waals surface area contributed by atoms with E-state index in [9.17, 15) is 24.9 Å². The fourth-order valence-electron chi connectivity index (χ4n) is 4.42. The number of H-pyrrole nitrogens is 2. The third kappa shape index (κ3) is 3.65. The van der Waals surface area contributed by atoms with E-state index in [4.69, 9.17) is 0 Å². The molecule has 9 heteroatoms. The van der Waals surface area contributed by atoms with Crippen LogP contribution in [0.4, 0.5) is 0 Å². The van der Waals surface area contributed by atoms with Crippen LogP contribution < -0.4 is 11.1 Å². The highest BCUT2D eigenvalue weighted by Gasteiger charge is 2.26. The summed E-state index contributed by atoms with van der Waals surface area (Å²) in [6, 6.07) is 3.87. The Bertz CT molecular complexity index is 1450. The van der Waals surface area contributed by atoms with E-state index in [2.05, 4.69) is 15.0 Å². The molecule has 0 spiro atoms. The number of aromatic amines is 2. The lowest BCUT2D eigenvalue weighted by molar-refractivity contribution is -0.119. The maximum absolute atomic E-state index is 12.9. The van der Waals surface area contributed by atoms with Crippen LogP contribution in [0.5, 0.6) is 0 Å². The maximum atomic E-state index is 12.9. The van der Waals surface area contributed by atoms with Crippen molar-refractivity contribution in [1.29, 1.82) is 10.5 Å². The molecule has 1 aliphatic carbocycles. The van der Waals surface area contributed by atoms with E-state index in [-0.39, 0.29) is 35.6 Å². The van der Waals surface area contributed by atoms with E-state index in [1.165, 1.54) is 16.2 Å². The van der Waals surface area contributed by atoms with Gasteiger partial charge >= 0.3 is 0 Å². The summed E-state index contributed by atoms with van der Waals surface area (Å²) in [5.74, 6) is -1.49. The van der Waals surface area contributed by atoms with Crippen molar-refractivity contribution in [3.05, 3.63) is 59.4 Å². The molecule has 1 aliphatic rings. The van der Waals surface area contributed by atoms with Crippen LogP contribution in [0, 0.1) is 36.5 Å². The van der Waals surface area contributed by atoms with Gasteiger partial charge in [-0.15, -0.1) is 11.3 Å². The number of thiophene rings is 1. The van der Waals surface area contributed by atoms with Crippen molar-refractivity contribution in [3.8, 4) is 12.1 Å². The van der Waals surface area contributed by atoms with E-state index in [0.29, 0.717) is 27.0 Å². The molecule has 162 valence electrons. The quantitative estimate of drug-likeness (QED) is 0.615. The van der Waals surface area contributed by atoms with Crippen LogP contribution >= 0.6 is 11.3 Å². The Morgan fingerprint density at radius 3 is 2.62 bits per heavy atom. The number of carbonyl (C=O) groups excluding carboxylic acids is 1. The van der Waals surface area contributed by atoms with Crippen LogP contribution in [-0.4, -0.2) is 20.7 Å². The second-order valence-electron chi connectivity index (χ2n) is 8.04. The molecule has 1 unspecified atom stereocenters. The minimum atomic E-state index is -1.19. The third-order valence-corrected chi connectivity index (χ3v) is 7.30. The van der Waals surface area contributed by atoms with Gasteiger partial charge in [-0.1, -0.05) is 0 Å². The number of ketones is 1. The topological polar surface area (TPSA) is 143 Å². The van der Waals surface area contributed by atoms with Crippen molar-refractivity contribution in [2.24, 2.45) is 0 Å². The molecule has 3 aromatic rings. The first-order valence-electron chi connectivity index (χ1n) is 10.4. The van der Waals surface area contributed by atoms with Crippen LogP contribution in [0.1, 0.15) is 63.8 Å². The lowest BCUT2D eigenvalue weighted by Gasteiger charge is -2.12. The molecule has 0 aromatic carbocycles. The number of Topliss-reactive ketones (excluding diaryl/α,β-unsaturated/α-hetero) is 1. The monoisotopic (exact) mass is 447 g/mol. The Hall–Kier alpha value is -3.56. The number of hydrogen-bond donors (Lipinski definition) is 2. The fourth-order valence-corrected chi connectivity index (χ4v) is 5.68. The lowest BCUT2D eigenvalue weighted by Crippen LogP contribution is -2.21. The summed E-state index contributed by atoms with van der Waals surface area (Å²) in [4.78, 5) is 49.1. The Morgan fingerprint density at radius 1 is 1.16 bits per heavy atom. The smallest absolute Gasteiger partial charge is 0.266 e. The number of nitrogens with one attached hydrogen (secondary N) is 2. The van der Waals surface area contributed by atoms with Gasteiger partial charge in [-0.3, -0.25) is 14.4 Å². The van der Waals surface area contributed by atoms with E-state index >= 15 is 0 Å². The van der Waals surface area contributed by atoms with Gasteiger partial charge in [0.1, 0.15) is 22.3 Å². The first kappa shape index (κ1) is 21.7. The second kappa shape index (κ2) is 8.52. The number of pyridine rings is 1. The van der Waals surface area contributed by atoms with E-state index in [0.717, 1.165) is 31.2 Å². The highest BCUT2D eigenvalue weighted by atomic mass is 32.1. The summed E-state index contributed by atoms with van der Waals surface area (Å²) in [7, 11) is 0. The van der Waals surface area contributed by atoms with Gasteiger partial charge in [0.25, 0.3) is 11.1 Å². The van der Waals surface area contributed by atoms with E-state index < -0.39 is 11.5 Å². The number of nitrogens with zero attached hydrogens (tertiary/aromatic N) is 3. The first-order chi connectivity index (χ1) is 15.3. The molecule has 3 aromatic heterocycles. The minimum absolute atomic E-state index is 0.0134. The predicted molar refractivity (Wildman–Crippen MR) is 120 cm³/mol. The Kier molecular flexibility index (Phi) is 5.77. The molecule has 2 N–H and O–H groups in total. The van der Waals surface area contributed by atoms with Gasteiger partial charge in [-0.25, -0.2) is 4.98 Å². The van der Waals surface area contributed by atoms with Crippen LogP contribution in [-0.2, 0) is 24.1 Å². The highest BCUT2D eigenvalue weighted by Crippen LogP contribution is 2.34. The molecular formula is C23H21N5O3S. The number of fused-ring (bicyclic) bond motifs is 3. The van der Waals surface area contributed by atoms with Crippen molar-refractivity contribution in [2.45, 2.75) is 58.3 Å². The summed E-state index contributed by atoms with van der Waals surface area (Å²) < 4.78 is 0. The van der Waals surface area contributed by atoms with Crippen LogP contribution in [0.15, 0.2) is 9.59 Å². The molecule has 0 amide bonds. The molecular weight excluding hydrogens is 426 g/mol. The molecule has 0 saturated carbocycles. The number of rotatable bonds is 5. The minimum Gasteiger partial charge on any atom is -0.325 e. The SMILES string of the molecule is Cc1[nH]c(=O)c(C#N)c(C)c1CCC(=O)C(C#N)c1nc2sc3c(c2c(=O)[nH]1)CCCC3. The molecule has 32 heavy (non-hydrogen) atoms. The van der Waals surface area contributed by atoms with Crippen LogP contribution in [0.2, 0.25) is 0 Å². The summed E-state index contributed by atoms with van der Waals surface area (Å²) >= 11 is 1.47.